The molecule has 0 radical (unpaired) electrons. The Hall–Kier alpha value is -2.96. The normalized spacial score (nSPS) is 11.1. The van der Waals surface area contributed by atoms with E-state index >= 15 is 0 Å². The summed E-state index contributed by atoms with van der Waals surface area (Å²) >= 11 is 0. The summed E-state index contributed by atoms with van der Waals surface area (Å²) in [6.45, 7) is 7.48. The Labute approximate surface area is 165 Å². The van der Waals surface area contributed by atoms with Crippen molar-refractivity contribution < 1.29 is 14.5 Å². The van der Waals surface area contributed by atoms with Crippen LogP contribution in [-0.2, 0) is 10.2 Å². The lowest BCUT2D eigenvalue weighted by atomic mass is 9.87. The predicted molar refractivity (Wildman–Crippen MR) is 109 cm³/mol. The van der Waals surface area contributed by atoms with E-state index in [9.17, 15) is 14.9 Å². The van der Waals surface area contributed by atoms with Crippen molar-refractivity contribution in [2.45, 2.75) is 45.4 Å². The molecule has 0 amide bonds. The number of aromatic nitrogens is 1. The first kappa shape index (κ1) is 21.3. The highest BCUT2D eigenvalue weighted by atomic mass is 16.6. The Balaban J connectivity index is 1.61. The van der Waals surface area contributed by atoms with Gasteiger partial charge in [-0.15, -0.1) is 0 Å². The van der Waals surface area contributed by atoms with Crippen molar-refractivity contribution in [3.63, 3.8) is 0 Å². The number of carbonyl (C=O) groups is 1. The molecular weight excluding hydrogens is 358 g/mol. The van der Waals surface area contributed by atoms with Crippen LogP contribution in [0.15, 0.2) is 42.6 Å². The molecule has 1 N–H and O–H groups in total. The number of rotatable bonds is 9. The second-order valence-electron chi connectivity index (χ2n) is 7.61. The fourth-order valence-corrected chi connectivity index (χ4v) is 2.57. The Bertz CT molecular complexity index is 781. The van der Waals surface area contributed by atoms with Gasteiger partial charge in [0.2, 0.25) is 0 Å². The summed E-state index contributed by atoms with van der Waals surface area (Å²) in [5.74, 6) is 0.310. The first-order valence-corrected chi connectivity index (χ1v) is 9.39. The van der Waals surface area contributed by atoms with E-state index in [0.29, 0.717) is 24.5 Å². The largest absolute Gasteiger partial charge is 0.462 e. The molecule has 0 atom stereocenters. The average molecular weight is 385 g/mol. The van der Waals surface area contributed by atoms with Gasteiger partial charge in [0.25, 0.3) is 5.69 Å². The quantitative estimate of drug-likeness (QED) is 0.290. The molecule has 2 rings (SSSR count). The van der Waals surface area contributed by atoms with Gasteiger partial charge in [-0.3, -0.25) is 10.1 Å². The van der Waals surface area contributed by atoms with E-state index in [-0.39, 0.29) is 17.1 Å². The molecular formula is C21H27N3O4. The third-order valence-corrected chi connectivity index (χ3v) is 4.31. The van der Waals surface area contributed by atoms with Crippen LogP contribution in [-0.4, -0.2) is 29.0 Å². The van der Waals surface area contributed by atoms with Crippen LogP contribution in [0.1, 0.15) is 56.0 Å². The molecule has 0 saturated carbocycles. The topological polar surface area (TPSA) is 94.4 Å². The van der Waals surface area contributed by atoms with E-state index in [0.717, 1.165) is 19.3 Å². The maximum absolute atomic E-state index is 12.1. The van der Waals surface area contributed by atoms with Crippen molar-refractivity contribution in [3.8, 4) is 0 Å². The molecule has 0 spiro atoms. The van der Waals surface area contributed by atoms with Crippen LogP contribution < -0.4 is 5.32 Å². The zero-order valence-corrected chi connectivity index (χ0v) is 16.6. The number of esters is 1. The number of ether oxygens (including phenoxy) is 1. The van der Waals surface area contributed by atoms with Crippen molar-refractivity contribution in [2.24, 2.45) is 0 Å². The van der Waals surface area contributed by atoms with Gasteiger partial charge in [0.1, 0.15) is 12.0 Å². The first-order chi connectivity index (χ1) is 13.3. The number of hydrogen-bond donors (Lipinski definition) is 1. The minimum absolute atomic E-state index is 0.0274. The molecule has 7 nitrogen and oxygen atoms in total. The monoisotopic (exact) mass is 385 g/mol. The molecule has 2 aromatic rings. The molecule has 28 heavy (non-hydrogen) atoms. The summed E-state index contributed by atoms with van der Waals surface area (Å²) in [4.78, 5) is 26.2. The summed E-state index contributed by atoms with van der Waals surface area (Å²) in [5, 5.41) is 13.7. The van der Waals surface area contributed by atoms with Crippen LogP contribution in [0.4, 0.5) is 11.5 Å². The van der Waals surface area contributed by atoms with Gasteiger partial charge in [-0.05, 0) is 48.4 Å². The molecule has 0 aliphatic heterocycles. The van der Waals surface area contributed by atoms with Gasteiger partial charge < -0.3 is 10.1 Å². The second kappa shape index (κ2) is 9.82. The summed E-state index contributed by atoms with van der Waals surface area (Å²) < 4.78 is 5.32. The second-order valence-corrected chi connectivity index (χ2v) is 7.61. The van der Waals surface area contributed by atoms with Gasteiger partial charge >= 0.3 is 5.97 Å². The Morgan fingerprint density at radius 3 is 2.39 bits per heavy atom. The van der Waals surface area contributed by atoms with Crippen molar-refractivity contribution in [1.82, 2.24) is 4.98 Å². The van der Waals surface area contributed by atoms with E-state index in [1.807, 2.05) is 24.3 Å². The molecule has 7 heteroatoms. The fourth-order valence-electron chi connectivity index (χ4n) is 2.57. The third-order valence-electron chi connectivity index (χ3n) is 4.31. The Morgan fingerprint density at radius 2 is 1.82 bits per heavy atom. The fraction of sp³-hybridized carbons (Fsp3) is 0.429. The van der Waals surface area contributed by atoms with Crippen molar-refractivity contribution in [2.75, 3.05) is 18.5 Å². The molecule has 0 saturated heterocycles. The van der Waals surface area contributed by atoms with Gasteiger partial charge in [0.15, 0.2) is 0 Å². The van der Waals surface area contributed by atoms with Crippen LogP contribution in [0.3, 0.4) is 0 Å². The third kappa shape index (κ3) is 6.64. The van der Waals surface area contributed by atoms with Crippen LogP contribution >= 0.6 is 0 Å². The van der Waals surface area contributed by atoms with Gasteiger partial charge in [-0.2, -0.15) is 0 Å². The number of nitro groups is 1. The smallest absolute Gasteiger partial charge is 0.338 e. The summed E-state index contributed by atoms with van der Waals surface area (Å²) in [6, 6.07) is 10.6. The van der Waals surface area contributed by atoms with E-state index < -0.39 is 4.92 Å². The number of nitrogens with zero attached hydrogens (tertiary/aromatic N) is 2. The lowest BCUT2D eigenvalue weighted by Gasteiger charge is -2.18. The highest BCUT2D eigenvalue weighted by molar-refractivity contribution is 5.89. The van der Waals surface area contributed by atoms with Gasteiger partial charge in [-0.1, -0.05) is 32.9 Å². The number of pyridine rings is 1. The maximum atomic E-state index is 12.1. The number of hydrogen-bond acceptors (Lipinski definition) is 6. The maximum Gasteiger partial charge on any atom is 0.338 e. The first-order valence-electron chi connectivity index (χ1n) is 9.39. The molecule has 0 aliphatic carbocycles. The van der Waals surface area contributed by atoms with Crippen molar-refractivity contribution in [1.29, 1.82) is 0 Å². The minimum atomic E-state index is -0.475. The van der Waals surface area contributed by atoms with Crippen LogP contribution in [0, 0.1) is 10.1 Å². The number of benzene rings is 1. The Morgan fingerprint density at radius 1 is 1.11 bits per heavy atom. The number of unbranched alkanes of at least 4 members (excludes halogenated alkanes) is 2. The average Bonchev–Trinajstić information content (AvgIpc) is 2.67. The standard InChI is InChI=1S/C21H27N3O4/c1-21(2,3)17-9-7-16(8-10-17)20(25)28-14-6-4-5-13-22-19-12-11-18(15-23-19)24(26)27/h7-12,15H,4-6,13-14H2,1-3H3,(H,22,23). The molecule has 0 fully saturated rings. The van der Waals surface area contributed by atoms with Crippen LogP contribution in [0.5, 0.6) is 0 Å². The minimum Gasteiger partial charge on any atom is -0.462 e. The zero-order chi connectivity index (χ0) is 20.6. The summed E-state index contributed by atoms with van der Waals surface area (Å²) in [5.41, 5.74) is 1.78. The van der Waals surface area contributed by atoms with Crippen molar-refractivity contribution in [3.05, 3.63) is 63.8 Å². The molecule has 0 unspecified atom stereocenters. The zero-order valence-electron chi connectivity index (χ0n) is 16.6. The van der Waals surface area contributed by atoms with Gasteiger partial charge in [0, 0.05) is 12.6 Å². The van der Waals surface area contributed by atoms with E-state index in [2.05, 4.69) is 31.1 Å². The van der Waals surface area contributed by atoms with E-state index in [1.54, 1.807) is 6.07 Å². The molecule has 150 valence electrons. The van der Waals surface area contributed by atoms with Crippen LogP contribution in [0.25, 0.3) is 0 Å². The summed E-state index contributed by atoms with van der Waals surface area (Å²) in [6.07, 6.45) is 3.80. The number of nitrogens with one attached hydrogen (secondary N) is 1. The van der Waals surface area contributed by atoms with Crippen molar-refractivity contribution >= 4 is 17.5 Å². The molecule has 1 aromatic carbocycles. The van der Waals surface area contributed by atoms with E-state index in [1.165, 1.54) is 17.8 Å². The molecule has 1 aromatic heterocycles. The highest BCUT2D eigenvalue weighted by Gasteiger charge is 2.14. The molecule has 1 heterocycles. The lowest BCUT2D eigenvalue weighted by molar-refractivity contribution is -0.385. The lowest BCUT2D eigenvalue weighted by Crippen LogP contribution is -2.12. The van der Waals surface area contributed by atoms with Gasteiger partial charge in [-0.25, -0.2) is 9.78 Å². The van der Waals surface area contributed by atoms with E-state index in [4.69, 9.17) is 4.74 Å². The molecule has 0 bridgehead atoms. The highest BCUT2D eigenvalue weighted by Crippen LogP contribution is 2.22. The van der Waals surface area contributed by atoms with Crippen LogP contribution in [0.2, 0.25) is 0 Å². The predicted octanol–water partition coefficient (Wildman–Crippen LogP) is 4.73. The molecule has 0 aliphatic rings. The SMILES string of the molecule is CC(C)(C)c1ccc(C(=O)OCCCCCNc2ccc([N+](=O)[O-])cn2)cc1. The number of anilines is 1. The van der Waals surface area contributed by atoms with Gasteiger partial charge in [0.05, 0.1) is 17.1 Å². The number of carbonyl (C=O) groups excluding carboxylic acids is 1. The Kier molecular flexibility index (Phi) is 7.49. The summed E-state index contributed by atoms with van der Waals surface area (Å²) in [7, 11) is 0.